The van der Waals surface area contributed by atoms with Crippen LogP contribution in [0.2, 0.25) is 0 Å². The molecule has 4 rings (SSSR count). The van der Waals surface area contributed by atoms with Gasteiger partial charge in [-0.05, 0) is 51.6 Å². The fourth-order valence-electron chi connectivity index (χ4n) is 4.33. The first-order valence-corrected chi connectivity index (χ1v) is 10.0. The highest BCUT2D eigenvalue weighted by molar-refractivity contribution is 5.96. The molecule has 1 fully saturated rings. The normalized spacial score (nSPS) is 16.3. The number of carbonyl (C=O) groups excluding carboxylic acids is 1. The van der Waals surface area contributed by atoms with E-state index in [9.17, 15) is 4.79 Å². The molecule has 29 heavy (non-hydrogen) atoms. The monoisotopic (exact) mass is 392 g/mol. The van der Waals surface area contributed by atoms with Crippen molar-refractivity contribution in [2.45, 2.75) is 19.8 Å². The minimum Gasteiger partial charge on any atom is -0.356 e. The number of amides is 1. The number of para-hydroxylation sites is 1. The van der Waals surface area contributed by atoms with Crippen molar-refractivity contribution in [1.82, 2.24) is 19.9 Å². The van der Waals surface area contributed by atoms with Crippen LogP contribution in [0.3, 0.4) is 0 Å². The van der Waals surface area contributed by atoms with Gasteiger partial charge in [-0.2, -0.15) is 0 Å². The minimum absolute atomic E-state index is 0.0997. The third kappa shape index (κ3) is 3.82. The first-order valence-electron chi connectivity index (χ1n) is 10.0. The smallest absolute Gasteiger partial charge is 0.232 e. The number of hydrogen-bond acceptors (Lipinski definition) is 5. The molecule has 2 aromatic heterocycles. The Morgan fingerprint density at radius 3 is 2.62 bits per heavy atom. The maximum Gasteiger partial charge on any atom is 0.232 e. The summed E-state index contributed by atoms with van der Waals surface area (Å²) in [6, 6.07) is 9.70. The zero-order chi connectivity index (χ0) is 20.4. The second-order valence-corrected chi connectivity index (χ2v) is 8.22. The second kappa shape index (κ2) is 7.83. The van der Waals surface area contributed by atoms with E-state index in [1.165, 1.54) is 0 Å². The van der Waals surface area contributed by atoms with Crippen LogP contribution in [0.5, 0.6) is 0 Å². The van der Waals surface area contributed by atoms with E-state index in [0.717, 1.165) is 60.6 Å². The van der Waals surface area contributed by atoms with Crippen LogP contribution < -0.4 is 10.2 Å². The number of nitrogens with zero attached hydrogens (tertiary/aromatic N) is 4. The summed E-state index contributed by atoms with van der Waals surface area (Å²) >= 11 is 0. The summed E-state index contributed by atoms with van der Waals surface area (Å²) in [5, 5.41) is 4.20. The lowest BCUT2D eigenvalue weighted by molar-refractivity contribution is -0.127. The van der Waals surface area contributed by atoms with Crippen molar-refractivity contribution in [3.05, 3.63) is 48.4 Å². The van der Waals surface area contributed by atoms with Gasteiger partial charge in [0.15, 0.2) is 0 Å². The summed E-state index contributed by atoms with van der Waals surface area (Å²) in [4.78, 5) is 29.8. The van der Waals surface area contributed by atoms with E-state index in [1.54, 1.807) is 6.33 Å². The predicted molar refractivity (Wildman–Crippen MR) is 116 cm³/mol. The van der Waals surface area contributed by atoms with E-state index in [1.807, 2.05) is 50.6 Å². The number of aryl methyl sites for hydroxylation is 1. The molecule has 1 aromatic carbocycles. The molecular weight excluding hydrogens is 364 g/mol. The third-order valence-electron chi connectivity index (χ3n) is 5.80. The van der Waals surface area contributed by atoms with Crippen LogP contribution in [-0.4, -0.2) is 59.5 Å². The van der Waals surface area contributed by atoms with Gasteiger partial charge < -0.3 is 20.1 Å². The number of benzene rings is 1. The first-order chi connectivity index (χ1) is 14.0. The van der Waals surface area contributed by atoms with Crippen molar-refractivity contribution in [3.8, 4) is 0 Å². The molecule has 1 aliphatic heterocycles. The quantitative estimate of drug-likeness (QED) is 0.698. The van der Waals surface area contributed by atoms with Crippen molar-refractivity contribution in [3.63, 3.8) is 0 Å². The van der Waals surface area contributed by atoms with Crippen molar-refractivity contribution >= 4 is 28.4 Å². The van der Waals surface area contributed by atoms with Crippen LogP contribution in [0, 0.1) is 12.3 Å². The summed E-state index contributed by atoms with van der Waals surface area (Å²) in [6.07, 6.45) is 5.13. The van der Waals surface area contributed by atoms with Gasteiger partial charge in [0.2, 0.25) is 5.91 Å². The number of nitrogens with one attached hydrogen (secondary N) is 2. The van der Waals surface area contributed by atoms with Gasteiger partial charge in [0.1, 0.15) is 17.8 Å². The van der Waals surface area contributed by atoms with Crippen LogP contribution in [0.4, 0.5) is 11.5 Å². The lowest BCUT2D eigenvalue weighted by Crippen LogP contribution is -2.51. The Morgan fingerprint density at radius 2 is 1.93 bits per heavy atom. The zero-order valence-corrected chi connectivity index (χ0v) is 17.3. The molecule has 0 aliphatic carbocycles. The van der Waals surface area contributed by atoms with Gasteiger partial charge in [0.25, 0.3) is 0 Å². The molecule has 0 bridgehead atoms. The highest BCUT2D eigenvalue weighted by Crippen LogP contribution is 2.37. The Balaban J connectivity index is 1.56. The molecular formula is C22H28N6O. The summed E-state index contributed by atoms with van der Waals surface area (Å²) in [5.41, 5.74) is 2.43. The number of aromatic nitrogens is 3. The molecule has 1 amide bonds. The summed E-state index contributed by atoms with van der Waals surface area (Å²) in [5.74, 6) is 1.05. The van der Waals surface area contributed by atoms with E-state index in [4.69, 9.17) is 0 Å². The third-order valence-corrected chi connectivity index (χ3v) is 5.80. The van der Waals surface area contributed by atoms with Crippen molar-refractivity contribution in [2.75, 3.05) is 43.9 Å². The molecule has 0 unspecified atom stereocenters. The topological polar surface area (TPSA) is 77.2 Å². The Labute approximate surface area is 171 Å². The summed E-state index contributed by atoms with van der Waals surface area (Å²) < 4.78 is 0. The zero-order valence-electron chi connectivity index (χ0n) is 17.3. The average Bonchev–Trinajstić information content (AvgIpc) is 3.10. The molecule has 3 aromatic rings. The highest BCUT2D eigenvalue weighted by atomic mass is 16.2. The van der Waals surface area contributed by atoms with E-state index in [-0.39, 0.29) is 5.91 Å². The van der Waals surface area contributed by atoms with E-state index in [2.05, 4.69) is 37.0 Å². The number of aromatic amines is 1. The van der Waals surface area contributed by atoms with Crippen LogP contribution in [0.1, 0.15) is 18.4 Å². The predicted octanol–water partition coefficient (Wildman–Crippen LogP) is 3.05. The Kier molecular flexibility index (Phi) is 5.24. The number of piperidine rings is 1. The summed E-state index contributed by atoms with van der Waals surface area (Å²) in [7, 11) is 4.06. The number of anilines is 2. The molecule has 7 nitrogen and oxygen atoms in total. The van der Waals surface area contributed by atoms with Crippen molar-refractivity contribution in [1.29, 1.82) is 0 Å². The molecule has 0 atom stereocenters. The molecule has 2 N–H and O–H groups in total. The van der Waals surface area contributed by atoms with Gasteiger partial charge in [-0.3, -0.25) is 4.79 Å². The molecule has 1 saturated heterocycles. The molecule has 0 spiro atoms. The van der Waals surface area contributed by atoms with Crippen LogP contribution >= 0.6 is 0 Å². The number of carbonyl (C=O) groups is 1. The van der Waals surface area contributed by atoms with Crippen molar-refractivity contribution in [2.24, 2.45) is 5.41 Å². The standard InChI is InChI=1S/C22H28N6O/c1-16-13-23-19-18(16)20(25-15-24-19)28-11-9-22(10-12-28,14-27(2)3)21(29)26-17-7-5-4-6-8-17/h4-8,13,15H,9-12,14H2,1-3H3,(H,26,29)(H,23,24,25). The van der Waals surface area contributed by atoms with E-state index >= 15 is 0 Å². The lowest BCUT2D eigenvalue weighted by atomic mass is 9.76. The number of H-pyrrole nitrogens is 1. The molecule has 3 heterocycles. The molecule has 1 aliphatic rings. The number of rotatable bonds is 5. The number of fused-ring (bicyclic) bond motifs is 1. The van der Waals surface area contributed by atoms with Gasteiger partial charge in [-0.1, -0.05) is 18.2 Å². The van der Waals surface area contributed by atoms with Crippen LogP contribution in [-0.2, 0) is 4.79 Å². The minimum atomic E-state index is -0.421. The van der Waals surface area contributed by atoms with Gasteiger partial charge >= 0.3 is 0 Å². The Hall–Kier alpha value is -2.93. The fraction of sp³-hybridized carbons (Fsp3) is 0.409. The molecule has 7 heteroatoms. The largest absolute Gasteiger partial charge is 0.356 e. The van der Waals surface area contributed by atoms with Gasteiger partial charge in [0.05, 0.1) is 10.8 Å². The van der Waals surface area contributed by atoms with E-state index < -0.39 is 5.41 Å². The van der Waals surface area contributed by atoms with Crippen LogP contribution in [0.15, 0.2) is 42.9 Å². The van der Waals surface area contributed by atoms with Gasteiger partial charge in [0, 0.05) is 31.5 Å². The van der Waals surface area contributed by atoms with Crippen LogP contribution in [0.25, 0.3) is 11.0 Å². The Bertz CT molecular complexity index is 989. The van der Waals surface area contributed by atoms with Gasteiger partial charge in [-0.25, -0.2) is 9.97 Å². The van der Waals surface area contributed by atoms with Gasteiger partial charge in [-0.15, -0.1) is 0 Å². The molecule has 0 radical (unpaired) electrons. The highest BCUT2D eigenvalue weighted by Gasteiger charge is 2.42. The maximum atomic E-state index is 13.3. The maximum absolute atomic E-state index is 13.3. The molecule has 152 valence electrons. The SMILES string of the molecule is Cc1c[nH]c2ncnc(N3CCC(CN(C)C)(C(=O)Nc4ccccc4)CC3)c12. The fourth-order valence-corrected chi connectivity index (χ4v) is 4.33. The average molecular weight is 393 g/mol. The molecule has 0 saturated carbocycles. The van der Waals surface area contributed by atoms with E-state index in [0.29, 0.717) is 0 Å². The second-order valence-electron chi connectivity index (χ2n) is 8.22. The number of hydrogen-bond donors (Lipinski definition) is 2. The van der Waals surface area contributed by atoms with Crippen molar-refractivity contribution < 1.29 is 4.79 Å². The first kappa shape index (κ1) is 19.4. The summed E-state index contributed by atoms with van der Waals surface area (Å²) in [6.45, 7) is 4.36. The Morgan fingerprint density at radius 1 is 1.21 bits per heavy atom. The lowest BCUT2D eigenvalue weighted by Gasteiger charge is -2.42.